The van der Waals surface area contributed by atoms with Crippen molar-refractivity contribution in [2.24, 2.45) is 7.05 Å². The van der Waals surface area contributed by atoms with E-state index >= 15 is 0 Å². The summed E-state index contributed by atoms with van der Waals surface area (Å²) in [5.74, 6) is -0.0590. The quantitative estimate of drug-likeness (QED) is 0.231. The van der Waals surface area contributed by atoms with E-state index in [4.69, 9.17) is 16.6 Å². The minimum Gasteiger partial charge on any atom is -0.389 e. The third kappa shape index (κ3) is 5.21. The second kappa shape index (κ2) is 11.3. The number of hydrogen-bond acceptors (Lipinski definition) is 7. The Bertz CT molecular complexity index is 1970. The molecule has 0 aliphatic carbocycles. The van der Waals surface area contributed by atoms with Crippen molar-refractivity contribution in [1.29, 1.82) is 0 Å². The summed E-state index contributed by atoms with van der Waals surface area (Å²) in [5, 5.41) is 27.7. The van der Waals surface area contributed by atoms with Gasteiger partial charge >= 0.3 is 6.18 Å². The van der Waals surface area contributed by atoms with Gasteiger partial charge in [-0.2, -0.15) is 18.3 Å². The van der Waals surface area contributed by atoms with Crippen LogP contribution < -0.4 is 10.2 Å². The summed E-state index contributed by atoms with van der Waals surface area (Å²) in [6.45, 7) is 0.770. The molecule has 5 aromatic rings. The molecule has 3 N–H and O–H groups in total. The van der Waals surface area contributed by atoms with Gasteiger partial charge in [0.2, 0.25) is 0 Å². The van der Waals surface area contributed by atoms with Crippen molar-refractivity contribution in [1.82, 2.24) is 29.6 Å². The van der Waals surface area contributed by atoms with E-state index in [2.05, 4.69) is 15.4 Å². The first kappa shape index (κ1) is 30.0. The average molecular weight is 648 g/mol. The number of aromatic nitrogens is 5. The number of alkyl halides is 3. The van der Waals surface area contributed by atoms with Crippen molar-refractivity contribution in [3.05, 3.63) is 125 Å². The lowest BCUT2D eigenvalue weighted by molar-refractivity contribution is -0.248. The van der Waals surface area contributed by atoms with Gasteiger partial charge in [0.15, 0.2) is 0 Å². The second-order valence-electron chi connectivity index (χ2n) is 11.6. The number of pyridine rings is 1. The summed E-state index contributed by atoms with van der Waals surface area (Å²) in [6, 6.07) is 17.4. The molecular formula is C33H29ClF3N7O2. The summed E-state index contributed by atoms with van der Waals surface area (Å²) in [4.78, 5) is 11.4. The molecule has 2 aromatic carbocycles. The predicted molar refractivity (Wildman–Crippen MR) is 168 cm³/mol. The van der Waals surface area contributed by atoms with E-state index < -0.39 is 23.9 Å². The molecule has 0 saturated carbocycles. The Morgan fingerprint density at radius 3 is 2.50 bits per heavy atom. The fourth-order valence-electron chi connectivity index (χ4n) is 6.11. The Morgan fingerprint density at radius 2 is 1.87 bits per heavy atom. The van der Waals surface area contributed by atoms with E-state index in [1.54, 1.807) is 35.0 Å². The van der Waals surface area contributed by atoms with Gasteiger partial charge in [0, 0.05) is 73.0 Å². The van der Waals surface area contributed by atoms with Crippen LogP contribution in [0.25, 0.3) is 16.6 Å². The summed E-state index contributed by atoms with van der Waals surface area (Å²) in [7, 11) is 1.81. The molecule has 9 nitrogen and oxygen atoms in total. The summed E-state index contributed by atoms with van der Waals surface area (Å²) in [5.41, 5.74) is 1.78. The van der Waals surface area contributed by atoms with E-state index in [1.807, 2.05) is 65.7 Å². The molecule has 0 radical (unpaired) electrons. The molecule has 46 heavy (non-hydrogen) atoms. The topological polar surface area (TPSA) is 104 Å². The fraction of sp³-hybridized carbons (Fsp3) is 0.242. The molecule has 1 saturated heterocycles. The number of nitrogens with one attached hydrogen (secondary N) is 1. The number of halogens is 4. The Kier molecular flexibility index (Phi) is 7.38. The zero-order chi connectivity index (χ0) is 32.2. The van der Waals surface area contributed by atoms with Gasteiger partial charge < -0.3 is 25.0 Å². The van der Waals surface area contributed by atoms with Crippen LogP contribution in [0.15, 0.2) is 102 Å². The molecule has 7 rings (SSSR count). The fourth-order valence-corrected chi connectivity index (χ4v) is 6.43. The number of β-amino-alcohol motifs (C(OH)–C–C–N with tert-alkyl or cyclic N) is 1. The van der Waals surface area contributed by atoms with Crippen molar-refractivity contribution < 1.29 is 23.4 Å². The highest BCUT2D eigenvalue weighted by atomic mass is 35.5. The molecule has 0 amide bonds. The molecule has 2 aliphatic heterocycles. The van der Waals surface area contributed by atoms with Crippen molar-refractivity contribution in [2.75, 3.05) is 18.0 Å². The number of dihydropyridines is 1. The second-order valence-corrected chi connectivity index (χ2v) is 12.0. The summed E-state index contributed by atoms with van der Waals surface area (Å²) < 4.78 is 45.1. The molecule has 5 heterocycles. The minimum atomic E-state index is -5.01. The number of benzene rings is 2. The number of rotatable bonds is 7. The van der Waals surface area contributed by atoms with Crippen molar-refractivity contribution in [3.63, 3.8) is 0 Å². The minimum absolute atomic E-state index is 0.249. The number of aliphatic hydroxyl groups excluding tert-OH is 1. The van der Waals surface area contributed by atoms with Crippen LogP contribution in [0.2, 0.25) is 0 Å². The molecule has 2 aliphatic rings. The van der Waals surface area contributed by atoms with Gasteiger partial charge in [-0.25, -0.2) is 14.6 Å². The highest BCUT2D eigenvalue weighted by Gasteiger charge is 2.54. The van der Waals surface area contributed by atoms with E-state index in [9.17, 15) is 23.4 Å². The van der Waals surface area contributed by atoms with Crippen molar-refractivity contribution >= 4 is 28.3 Å². The Morgan fingerprint density at radius 1 is 1.11 bits per heavy atom. The van der Waals surface area contributed by atoms with Gasteiger partial charge in [-0.3, -0.25) is 0 Å². The maximum Gasteiger partial charge on any atom is 0.440 e. The maximum absolute atomic E-state index is 13.8. The van der Waals surface area contributed by atoms with Gasteiger partial charge in [0.25, 0.3) is 5.72 Å². The van der Waals surface area contributed by atoms with Gasteiger partial charge in [-0.05, 0) is 47.0 Å². The average Bonchev–Trinajstić information content (AvgIpc) is 3.70. The predicted octanol–water partition coefficient (Wildman–Crippen LogP) is 4.92. The number of para-hydroxylation sites is 1. The number of nitrogens with zero attached hydrogens (tertiary/aromatic N) is 6. The van der Waals surface area contributed by atoms with Crippen molar-refractivity contribution in [3.8, 4) is 5.69 Å². The highest BCUT2D eigenvalue weighted by molar-refractivity contribution is 6.32. The zero-order valence-electron chi connectivity index (χ0n) is 24.5. The third-order valence-corrected chi connectivity index (χ3v) is 8.83. The smallest absolute Gasteiger partial charge is 0.389 e. The molecule has 236 valence electrons. The molecule has 2 unspecified atom stereocenters. The standard InChI is InChI=1S/C33H29ClF3N7O2/c1-42-19-38-16-28(42)30(25-15-39-32(46,14-26(25)34)33(35,36)37)29-23-5-2-3-6-27(23)41-31(43-17-22(45)18-43)24(29)13-20-7-9-21(10-8-20)44-12-4-11-40-44/h2-12,14-16,19,22,30,39,45-46H,13,17-18H2,1H3. The Balaban J connectivity index is 1.45. The van der Waals surface area contributed by atoms with E-state index in [-0.39, 0.29) is 5.03 Å². The van der Waals surface area contributed by atoms with Crippen molar-refractivity contribution in [2.45, 2.75) is 30.3 Å². The molecule has 2 atom stereocenters. The third-order valence-electron chi connectivity index (χ3n) is 8.50. The number of anilines is 1. The van der Waals surface area contributed by atoms with Crippen LogP contribution in [0.3, 0.4) is 0 Å². The van der Waals surface area contributed by atoms with Gasteiger partial charge in [0.05, 0.1) is 29.6 Å². The van der Waals surface area contributed by atoms with Crippen LogP contribution in [0, 0.1) is 0 Å². The molecule has 1 fully saturated rings. The number of aliphatic hydroxyl groups is 2. The molecule has 3 aromatic heterocycles. The SMILES string of the molecule is Cn1cncc1C(C1=CNC(O)(C(F)(F)F)C=C1Cl)c1c(Cc2ccc(-n3cccn3)cc2)c(N2CC(O)C2)nc2ccccc12. The lowest BCUT2D eigenvalue weighted by atomic mass is 9.80. The highest BCUT2D eigenvalue weighted by Crippen LogP contribution is 2.47. The van der Waals surface area contributed by atoms with Gasteiger partial charge in [0.1, 0.15) is 5.82 Å². The Hall–Kier alpha value is -4.65. The van der Waals surface area contributed by atoms with Crippen LogP contribution in [-0.2, 0) is 13.5 Å². The lowest BCUT2D eigenvalue weighted by Gasteiger charge is -2.39. The van der Waals surface area contributed by atoms with Crippen LogP contribution >= 0.6 is 11.6 Å². The normalized spacial score (nSPS) is 19.4. The van der Waals surface area contributed by atoms with E-state index in [0.29, 0.717) is 48.2 Å². The van der Waals surface area contributed by atoms with Crippen LogP contribution in [0.5, 0.6) is 0 Å². The first-order chi connectivity index (χ1) is 22.0. The van der Waals surface area contributed by atoms with Gasteiger partial charge in [-0.1, -0.05) is 41.9 Å². The number of allylic oxidation sites excluding steroid dienone is 2. The molecular weight excluding hydrogens is 619 g/mol. The Labute approximate surface area is 266 Å². The van der Waals surface area contributed by atoms with E-state index in [0.717, 1.165) is 34.0 Å². The molecule has 13 heteroatoms. The van der Waals surface area contributed by atoms with Crippen LogP contribution in [0.1, 0.15) is 28.3 Å². The molecule has 0 bridgehead atoms. The number of imidazole rings is 1. The van der Waals surface area contributed by atoms with E-state index in [1.165, 1.54) is 0 Å². The number of fused-ring (bicyclic) bond motifs is 1. The maximum atomic E-state index is 13.8. The van der Waals surface area contributed by atoms with Crippen LogP contribution in [0.4, 0.5) is 19.0 Å². The van der Waals surface area contributed by atoms with Crippen LogP contribution in [-0.4, -0.2) is 65.6 Å². The summed E-state index contributed by atoms with van der Waals surface area (Å²) >= 11 is 6.67. The number of aryl methyl sites for hydroxylation is 1. The molecule has 0 spiro atoms. The number of hydrogen-bond donors (Lipinski definition) is 3. The largest absolute Gasteiger partial charge is 0.440 e. The van der Waals surface area contributed by atoms with Gasteiger partial charge in [-0.15, -0.1) is 0 Å². The monoisotopic (exact) mass is 647 g/mol. The zero-order valence-corrected chi connectivity index (χ0v) is 25.3. The first-order valence-electron chi connectivity index (χ1n) is 14.6. The lowest BCUT2D eigenvalue weighted by Crippen LogP contribution is -2.54. The summed E-state index contributed by atoms with van der Waals surface area (Å²) in [6.07, 6.45) is 3.46. The first-order valence-corrected chi connectivity index (χ1v) is 15.0.